The smallest absolute Gasteiger partial charge is 0.265 e. The minimum absolute atomic E-state index is 0.203. The Labute approximate surface area is 118 Å². The number of hydrogen-bond donors (Lipinski definition) is 2. The van der Waals surface area contributed by atoms with Gasteiger partial charge in [-0.15, -0.1) is 0 Å². The molecule has 2 rings (SSSR count). The SMILES string of the molecule is O=S(=O)(Nc1c(F)cccc1Br)c1ccccc1O. The van der Waals surface area contributed by atoms with Crippen LogP contribution in [0.3, 0.4) is 0 Å². The third-order valence-electron chi connectivity index (χ3n) is 2.35. The molecule has 0 amide bonds. The van der Waals surface area contributed by atoms with Gasteiger partial charge in [-0.3, -0.25) is 4.72 Å². The summed E-state index contributed by atoms with van der Waals surface area (Å²) in [4.78, 5) is -0.315. The van der Waals surface area contributed by atoms with Gasteiger partial charge in [0.25, 0.3) is 10.0 Å². The van der Waals surface area contributed by atoms with E-state index >= 15 is 0 Å². The Bertz CT molecular complexity index is 698. The molecule has 0 aliphatic heterocycles. The van der Waals surface area contributed by atoms with Crippen LogP contribution in [0.4, 0.5) is 10.1 Å². The van der Waals surface area contributed by atoms with Gasteiger partial charge in [0.15, 0.2) is 0 Å². The predicted octanol–water partition coefficient (Wildman–Crippen LogP) is 3.09. The van der Waals surface area contributed by atoms with E-state index in [1.54, 1.807) is 0 Å². The van der Waals surface area contributed by atoms with Gasteiger partial charge in [-0.1, -0.05) is 18.2 Å². The molecule has 2 aromatic carbocycles. The summed E-state index contributed by atoms with van der Waals surface area (Å²) in [5.74, 6) is -1.11. The summed E-state index contributed by atoms with van der Waals surface area (Å²) in [6.07, 6.45) is 0. The molecule has 2 aromatic rings. The van der Waals surface area contributed by atoms with E-state index in [2.05, 4.69) is 20.7 Å². The molecule has 0 aliphatic carbocycles. The second kappa shape index (κ2) is 5.18. The first-order valence-electron chi connectivity index (χ1n) is 5.16. The number of para-hydroxylation sites is 2. The van der Waals surface area contributed by atoms with Crippen molar-refractivity contribution in [1.82, 2.24) is 0 Å². The van der Waals surface area contributed by atoms with E-state index in [-0.39, 0.29) is 15.1 Å². The van der Waals surface area contributed by atoms with Gasteiger partial charge >= 0.3 is 0 Å². The zero-order chi connectivity index (χ0) is 14.0. The van der Waals surface area contributed by atoms with E-state index in [0.717, 1.165) is 6.07 Å². The van der Waals surface area contributed by atoms with Crippen molar-refractivity contribution in [3.8, 4) is 5.75 Å². The molecule has 0 radical (unpaired) electrons. The zero-order valence-corrected chi connectivity index (χ0v) is 11.9. The van der Waals surface area contributed by atoms with Crippen LogP contribution in [0.5, 0.6) is 5.75 Å². The van der Waals surface area contributed by atoms with Gasteiger partial charge in [-0.05, 0) is 40.2 Å². The number of phenolic OH excluding ortho intramolecular Hbond substituents is 1. The standard InChI is InChI=1S/C12H9BrFNO3S/c13-8-4-3-5-9(14)12(8)15-19(17,18)11-7-2-1-6-10(11)16/h1-7,15-16H. The van der Waals surface area contributed by atoms with Gasteiger partial charge in [0.05, 0.1) is 5.69 Å². The number of halogens is 2. The molecule has 0 saturated carbocycles. The maximum absolute atomic E-state index is 13.6. The number of nitrogens with one attached hydrogen (secondary N) is 1. The molecule has 0 atom stereocenters. The molecule has 19 heavy (non-hydrogen) atoms. The number of anilines is 1. The Morgan fingerprint density at radius 1 is 1.11 bits per heavy atom. The highest BCUT2D eigenvalue weighted by Gasteiger charge is 2.20. The van der Waals surface area contributed by atoms with Crippen LogP contribution in [0, 0.1) is 5.82 Å². The maximum Gasteiger partial charge on any atom is 0.265 e. The van der Waals surface area contributed by atoms with Crippen molar-refractivity contribution in [1.29, 1.82) is 0 Å². The number of phenols is 1. The van der Waals surface area contributed by atoms with E-state index in [0.29, 0.717) is 0 Å². The van der Waals surface area contributed by atoms with Gasteiger partial charge < -0.3 is 5.11 Å². The fraction of sp³-hybridized carbons (Fsp3) is 0. The lowest BCUT2D eigenvalue weighted by Crippen LogP contribution is -2.14. The average Bonchev–Trinajstić information content (AvgIpc) is 2.34. The van der Waals surface area contributed by atoms with E-state index in [9.17, 15) is 17.9 Å². The molecule has 0 aliphatic rings. The lowest BCUT2D eigenvalue weighted by molar-refractivity contribution is 0.459. The second-order valence-electron chi connectivity index (χ2n) is 3.67. The highest BCUT2D eigenvalue weighted by molar-refractivity contribution is 9.10. The average molecular weight is 346 g/mol. The monoisotopic (exact) mass is 345 g/mol. The first-order valence-corrected chi connectivity index (χ1v) is 7.44. The predicted molar refractivity (Wildman–Crippen MR) is 73.0 cm³/mol. The highest BCUT2D eigenvalue weighted by Crippen LogP contribution is 2.29. The van der Waals surface area contributed by atoms with Gasteiger partial charge in [0.2, 0.25) is 0 Å². The van der Waals surface area contributed by atoms with E-state index in [4.69, 9.17) is 0 Å². The van der Waals surface area contributed by atoms with Crippen LogP contribution in [-0.2, 0) is 10.0 Å². The normalized spacial score (nSPS) is 11.3. The van der Waals surface area contributed by atoms with Gasteiger partial charge in [0, 0.05) is 4.47 Å². The Hall–Kier alpha value is -1.60. The summed E-state index contributed by atoms with van der Waals surface area (Å²) >= 11 is 3.06. The van der Waals surface area contributed by atoms with E-state index in [1.807, 2.05) is 0 Å². The molecule has 100 valence electrons. The van der Waals surface area contributed by atoms with Gasteiger partial charge in [-0.25, -0.2) is 12.8 Å². The maximum atomic E-state index is 13.6. The fourth-order valence-corrected chi connectivity index (χ4v) is 3.23. The molecule has 0 fully saturated rings. The molecular formula is C12H9BrFNO3S. The Morgan fingerprint density at radius 3 is 2.42 bits per heavy atom. The van der Waals surface area contributed by atoms with Gasteiger partial charge in [0.1, 0.15) is 16.5 Å². The Morgan fingerprint density at radius 2 is 1.79 bits per heavy atom. The van der Waals surface area contributed by atoms with Crippen molar-refractivity contribution in [3.63, 3.8) is 0 Å². The number of benzene rings is 2. The molecule has 0 bridgehead atoms. The number of hydrogen-bond acceptors (Lipinski definition) is 3. The van der Waals surface area contributed by atoms with Crippen LogP contribution in [0.25, 0.3) is 0 Å². The van der Waals surface area contributed by atoms with Crippen LogP contribution in [0.15, 0.2) is 51.8 Å². The largest absolute Gasteiger partial charge is 0.507 e. The molecule has 0 unspecified atom stereocenters. The third kappa shape index (κ3) is 2.87. The topological polar surface area (TPSA) is 66.4 Å². The van der Waals surface area contributed by atoms with E-state index < -0.39 is 21.6 Å². The van der Waals surface area contributed by atoms with Crippen molar-refractivity contribution >= 4 is 31.6 Å². The third-order valence-corrected chi connectivity index (χ3v) is 4.41. The van der Waals surface area contributed by atoms with Crippen molar-refractivity contribution in [2.24, 2.45) is 0 Å². The lowest BCUT2D eigenvalue weighted by atomic mass is 10.3. The second-order valence-corrected chi connectivity index (χ2v) is 6.18. The number of rotatable bonds is 3. The molecule has 0 heterocycles. The van der Waals surface area contributed by atoms with Crippen molar-refractivity contribution in [2.45, 2.75) is 4.90 Å². The minimum Gasteiger partial charge on any atom is -0.507 e. The molecule has 0 spiro atoms. The van der Waals surface area contributed by atoms with Crippen LogP contribution in [0.1, 0.15) is 0 Å². The van der Waals surface area contributed by atoms with E-state index in [1.165, 1.54) is 36.4 Å². The summed E-state index contributed by atoms with van der Waals surface area (Å²) in [6, 6.07) is 9.51. The number of aromatic hydroxyl groups is 1. The summed E-state index contributed by atoms with van der Waals surface area (Å²) in [6.45, 7) is 0. The molecule has 2 N–H and O–H groups in total. The molecule has 0 saturated heterocycles. The number of sulfonamides is 1. The fourth-order valence-electron chi connectivity index (χ4n) is 1.47. The van der Waals surface area contributed by atoms with Crippen LogP contribution in [-0.4, -0.2) is 13.5 Å². The highest BCUT2D eigenvalue weighted by atomic mass is 79.9. The molecule has 4 nitrogen and oxygen atoms in total. The summed E-state index contributed by atoms with van der Waals surface area (Å²) in [7, 11) is -4.06. The van der Waals surface area contributed by atoms with Crippen LogP contribution in [0.2, 0.25) is 0 Å². The summed E-state index contributed by atoms with van der Waals surface area (Å²) in [5.41, 5.74) is -0.203. The van der Waals surface area contributed by atoms with Crippen molar-refractivity contribution in [3.05, 3.63) is 52.8 Å². The van der Waals surface area contributed by atoms with Gasteiger partial charge in [-0.2, -0.15) is 0 Å². The minimum atomic E-state index is -4.06. The summed E-state index contributed by atoms with van der Waals surface area (Å²) < 4.78 is 40.1. The summed E-state index contributed by atoms with van der Waals surface area (Å²) in [5, 5.41) is 9.54. The molecule has 0 aromatic heterocycles. The Kier molecular flexibility index (Phi) is 3.77. The lowest BCUT2D eigenvalue weighted by Gasteiger charge is -2.11. The quantitative estimate of drug-likeness (QED) is 0.898. The molecular weight excluding hydrogens is 337 g/mol. The Balaban J connectivity index is 2.46. The zero-order valence-electron chi connectivity index (χ0n) is 9.47. The first-order chi connectivity index (χ1) is 8.92. The van der Waals surface area contributed by atoms with Crippen LogP contribution >= 0.6 is 15.9 Å². The van der Waals surface area contributed by atoms with Crippen LogP contribution < -0.4 is 4.72 Å². The van der Waals surface area contributed by atoms with Crippen molar-refractivity contribution < 1.29 is 17.9 Å². The first kappa shape index (κ1) is 13.8. The van der Waals surface area contributed by atoms with Crippen molar-refractivity contribution in [2.75, 3.05) is 4.72 Å². The molecule has 7 heteroatoms.